The van der Waals surface area contributed by atoms with Crippen LogP contribution in [0.25, 0.3) is 0 Å². The molecule has 0 N–H and O–H groups in total. The van der Waals surface area contributed by atoms with E-state index in [9.17, 15) is 0 Å². The molecule has 0 saturated carbocycles. The molecule has 62 valence electrons. The molecule has 0 aromatic heterocycles. The van der Waals surface area contributed by atoms with Crippen molar-refractivity contribution < 1.29 is 0 Å². The maximum atomic E-state index is 2.95. The van der Waals surface area contributed by atoms with E-state index in [-0.39, 0.29) is 14.3 Å². The van der Waals surface area contributed by atoms with E-state index in [2.05, 4.69) is 47.6 Å². The lowest BCUT2D eigenvalue weighted by atomic mass is 10.3. The van der Waals surface area contributed by atoms with E-state index >= 15 is 0 Å². The zero-order valence-electron chi connectivity index (χ0n) is 6.63. The topological polar surface area (TPSA) is 0 Å². The third-order valence-electron chi connectivity index (χ3n) is 0.989. The van der Waals surface area contributed by atoms with Crippen molar-refractivity contribution in [3.63, 3.8) is 0 Å². The molecule has 0 bridgehead atoms. The van der Waals surface area contributed by atoms with Crippen LogP contribution in [0.4, 0.5) is 0 Å². The van der Waals surface area contributed by atoms with Crippen molar-refractivity contribution in [1.82, 2.24) is 0 Å². The van der Waals surface area contributed by atoms with Gasteiger partial charge in [-0.3, -0.25) is 0 Å². The van der Waals surface area contributed by atoms with E-state index in [1.165, 1.54) is 0 Å². The van der Waals surface area contributed by atoms with Gasteiger partial charge in [0.1, 0.15) is 0 Å². The van der Waals surface area contributed by atoms with E-state index < -0.39 is 0 Å². The number of rotatable bonds is 2. The van der Waals surface area contributed by atoms with E-state index in [1.807, 2.05) is 0 Å². The predicted molar refractivity (Wildman–Crippen MR) is 71.0 cm³/mol. The summed E-state index contributed by atoms with van der Waals surface area (Å²) in [6, 6.07) is 0. The van der Waals surface area contributed by atoms with Crippen molar-refractivity contribution >= 4 is 49.0 Å². The Balaban J connectivity index is 4.07. The monoisotopic (exact) mass is 250 g/mol. The Kier molecular flexibility index (Phi) is 6.72. The molecule has 0 heterocycles. The van der Waals surface area contributed by atoms with Gasteiger partial charge in [-0.1, -0.05) is 28.7 Å². The van der Waals surface area contributed by atoms with Crippen LogP contribution in [-0.2, 0) is 0 Å². The number of hydrogen-bond donors (Lipinski definition) is 0. The second-order valence-corrected chi connectivity index (χ2v) is 21.9. The molecule has 0 radical (unpaired) electrons. The highest BCUT2D eigenvalue weighted by molar-refractivity contribution is 8.87. The van der Waals surface area contributed by atoms with Crippen molar-refractivity contribution in [2.24, 2.45) is 0 Å². The summed E-state index contributed by atoms with van der Waals surface area (Å²) in [6.45, 7) is 7.18. The van der Waals surface area contributed by atoms with E-state index in [1.54, 1.807) is 0 Å². The maximum Gasteiger partial charge on any atom is -0.00958 e. The van der Waals surface area contributed by atoms with Gasteiger partial charge in [-0.15, -0.1) is 26.8 Å². The molecular formula is C4H16P6. The standard InChI is InChI=1S/C4H16P6/c1-4(2,3)9(8-5)10(6)7/h8H,5-7H2,1-3H3. The lowest BCUT2D eigenvalue weighted by Gasteiger charge is -2.32. The van der Waals surface area contributed by atoms with Gasteiger partial charge in [-0.2, -0.15) is 0 Å². The van der Waals surface area contributed by atoms with Gasteiger partial charge >= 0.3 is 0 Å². The molecule has 0 amide bonds. The summed E-state index contributed by atoms with van der Waals surface area (Å²) in [5.74, 6) is 0. The molecule has 0 rings (SSSR count). The fraction of sp³-hybridized carbons (Fsp3) is 1.00. The van der Waals surface area contributed by atoms with Gasteiger partial charge < -0.3 is 0 Å². The summed E-state index contributed by atoms with van der Waals surface area (Å²) in [5.41, 5.74) is 0. The molecule has 5 atom stereocenters. The van der Waals surface area contributed by atoms with Gasteiger partial charge in [0.05, 0.1) is 0 Å². The Labute approximate surface area is 75.2 Å². The Bertz CT molecular complexity index is 94.4. The van der Waals surface area contributed by atoms with Crippen LogP contribution < -0.4 is 0 Å². The summed E-state index contributed by atoms with van der Waals surface area (Å²) >= 11 is 0. The maximum absolute atomic E-state index is 2.95. The van der Waals surface area contributed by atoms with Crippen LogP contribution in [0.15, 0.2) is 0 Å². The molecule has 5 unspecified atom stereocenters. The second-order valence-electron chi connectivity index (χ2n) is 2.99. The molecule has 6 heteroatoms. The third-order valence-corrected chi connectivity index (χ3v) is 24.6. The summed E-state index contributed by atoms with van der Waals surface area (Å²) < 4.78 is 0. The van der Waals surface area contributed by atoms with Gasteiger partial charge in [0, 0.05) is 0 Å². The van der Waals surface area contributed by atoms with Crippen molar-refractivity contribution in [3.05, 3.63) is 0 Å². The quantitative estimate of drug-likeness (QED) is 0.627. The Morgan fingerprint density at radius 1 is 1.20 bits per heavy atom. The molecule has 0 spiro atoms. The average Bonchev–Trinajstić information content (AvgIpc) is 1.60. The summed E-state index contributed by atoms with van der Waals surface area (Å²) in [7, 11) is 10.1. The summed E-state index contributed by atoms with van der Waals surface area (Å²) in [5, 5.41) is 0.532. The van der Waals surface area contributed by atoms with Gasteiger partial charge in [0.2, 0.25) is 0 Å². The molecule has 0 aliphatic heterocycles. The number of hydrogen-bond acceptors (Lipinski definition) is 0. The molecule has 0 nitrogen and oxygen atoms in total. The SMILES string of the molecule is CC(C)(C)P(PP)P(P)P. The highest BCUT2D eigenvalue weighted by atomic mass is 32.9. The predicted octanol–water partition coefficient (Wildman–Crippen LogP) is 4.63. The van der Waals surface area contributed by atoms with Crippen molar-refractivity contribution in [2.45, 2.75) is 25.9 Å². The van der Waals surface area contributed by atoms with Gasteiger partial charge in [0.15, 0.2) is 0 Å². The van der Waals surface area contributed by atoms with E-state index in [4.69, 9.17) is 0 Å². The molecule has 0 aromatic rings. The van der Waals surface area contributed by atoms with E-state index in [0.717, 1.165) is 7.96 Å². The minimum absolute atomic E-state index is 0.138. The first-order chi connectivity index (χ1) is 4.39. The van der Waals surface area contributed by atoms with Crippen LogP contribution in [0.1, 0.15) is 20.8 Å². The van der Waals surface area contributed by atoms with Gasteiger partial charge in [0.25, 0.3) is 0 Å². The molecule has 0 aliphatic carbocycles. The minimum Gasteiger partial charge on any atom is -0.110 e. The highest BCUT2D eigenvalue weighted by Crippen LogP contribution is 2.92. The summed E-state index contributed by atoms with van der Waals surface area (Å²) in [4.78, 5) is 0. The zero-order valence-corrected chi connectivity index (χ0v) is 12.9. The fourth-order valence-corrected chi connectivity index (χ4v) is 30.8. The van der Waals surface area contributed by atoms with Crippen LogP contribution in [-0.4, -0.2) is 5.16 Å². The molecule has 0 saturated heterocycles. The lowest BCUT2D eigenvalue weighted by Crippen LogP contribution is -2.05. The van der Waals surface area contributed by atoms with Crippen molar-refractivity contribution in [3.8, 4) is 0 Å². The smallest absolute Gasteiger partial charge is 0.00958 e. The zero-order chi connectivity index (χ0) is 8.36. The fourth-order valence-electron chi connectivity index (χ4n) is 0.607. The second kappa shape index (κ2) is 5.34. The first-order valence-corrected chi connectivity index (χ1v) is 13.2. The Morgan fingerprint density at radius 2 is 1.60 bits per heavy atom. The molecule has 0 aromatic carbocycles. The van der Waals surface area contributed by atoms with Crippen molar-refractivity contribution in [1.29, 1.82) is 0 Å². The van der Waals surface area contributed by atoms with Crippen molar-refractivity contribution in [2.75, 3.05) is 0 Å². The van der Waals surface area contributed by atoms with Crippen LogP contribution in [0.2, 0.25) is 0 Å². The normalized spacial score (nSPS) is 17.1. The van der Waals surface area contributed by atoms with Crippen LogP contribution in [0, 0.1) is 0 Å². The first-order valence-electron chi connectivity index (χ1n) is 2.95. The van der Waals surface area contributed by atoms with Crippen LogP contribution in [0.3, 0.4) is 0 Å². The lowest BCUT2D eigenvalue weighted by molar-refractivity contribution is 0.800. The van der Waals surface area contributed by atoms with Crippen LogP contribution in [0.5, 0.6) is 0 Å². The molecule has 0 aliphatic rings. The van der Waals surface area contributed by atoms with Gasteiger partial charge in [-0.05, 0) is 19.4 Å². The average molecular weight is 250 g/mol. The van der Waals surface area contributed by atoms with Gasteiger partial charge in [-0.25, -0.2) is 0 Å². The minimum atomic E-state index is 0.138. The molecular weight excluding hydrogens is 234 g/mol. The first kappa shape index (κ1) is 12.6. The Morgan fingerprint density at radius 3 is 1.60 bits per heavy atom. The largest absolute Gasteiger partial charge is 0.110 e. The van der Waals surface area contributed by atoms with E-state index in [0.29, 0.717) is 5.16 Å². The molecule has 10 heavy (non-hydrogen) atoms. The summed E-state index contributed by atoms with van der Waals surface area (Å²) in [6.07, 6.45) is 0. The Hall–Kier alpha value is 2.58. The highest BCUT2D eigenvalue weighted by Gasteiger charge is 2.25. The van der Waals surface area contributed by atoms with Crippen LogP contribution >= 0.6 is 49.0 Å². The third kappa shape index (κ3) is 4.57. The molecule has 0 fully saturated rings.